The molecule has 3 heterocycles. The van der Waals surface area contributed by atoms with Crippen molar-refractivity contribution in [2.45, 2.75) is 77.4 Å². The molecule has 6 nitrogen and oxygen atoms in total. The molecule has 0 spiro atoms. The molecular weight excluding hydrogens is 288 g/mol. The smallest absolute Gasteiger partial charge is 0.200 e. The first-order valence-corrected chi connectivity index (χ1v) is 8.42. The first-order valence-electron chi connectivity index (χ1n) is 8.42. The number of hydrogen-bond donors (Lipinski definition) is 2. The van der Waals surface area contributed by atoms with E-state index >= 15 is 0 Å². The van der Waals surface area contributed by atoms with Gasteiger partial charge in [0.25, 0.3) is 0 Å². The van der Waals surface area contributed by atoms with E-state index in [0.29, 0.717) is 12.0 Å². The lowest BCUT2D eigenvalue weighted by Crippen LogP contribution is -2.60. The van der Waals surface area contributed by atoms with Crippen molar-refractivity contribution < 1.29 is 0 Å². The van der Waals surface area contributed by atoms with E-state index in [1.54, 1.807) is 10.8 Å². The third-order valence-corrected chi connectivity index (χ3v) is 4.43. The van der Waals surface area contributed by atoms with E-state index in [4.69, 9.17) is 0 Å². The standard InChI is InChI=1S/C17H28N6/c1-11(2)13-7-14(15-20-18-10-23(15)21-13)19-12-8-16(3,4)22-17(5,6)9-12/h7,10-12,19,22H,8-9H2,1-6H3. The van der Waals surface area contributed by atoms with E-state index in [0.717, 1.165) is 29.9 Å². The van der Waals surface area contributed by atoms with Crippen LogP contribution in [0.4, 0.5) is 5.69 Å². The molecule has 0 aromatic carbocycles. The fraction of sp³-hybridized carbons (Fsp3) is 0.706. The van der Waals surface area contributed by atoms with Gasteiger partial charge < -0.3 is 10.6 Å². The Morgan fingerprint density at radius 1 is 1.22 bits per heavy atom. The van der Waals surface area contributed by atoms with Crippen molar-refractivity contribution in [3.63, 3.8) is 0 Å². The van der Waals surface area contributed by atoms with Gasteiger partial charge in [-0.05, 0) is 52.5 Å². The van der Waals surface area contributed by atoms with Crippen molar-refractivity contribution >= 4 is 11.3 Å². The fourth-order valence-electron chi connectivity index (χ4n) is 3.88. The molecule has 0 atom stereocenters. The third-order valence-electron chi connectivity index (χ3n) is 4.43. The lowest BCUT2D eigenvalue weighted by molar-refractivity contribution is 0.170. The summed E-state index contributed by atoms with van der Waals surface area (Å²) in [5.41, 5.74) is 3.09. The SMILES string of the molecule is CC(C)c1cc(NC2CC(C)(C)NC(C)(C)C2)c2nncn2n1. The molecule has 1 saturated heterocycles. The molecule has 0 saturated carbocycles. The van der Waals surface area contributed by atoms with Gasteiger partial charge in [-0.2, -0.15) is 9.61 Å². The minimum absolute atomic E-state index is 0.108. The van der Waals surface area contributed by atoms with Crippen molar-refractivity contribution in [1.82, 2.24) is 25.1 Å². The molecule has 0 unspecified atom stereocenters. The van der Waals surface area contributed by atoms with Crippen LogP contribution in [-0.4, -0.2) is 36.9 Å². The number of piperidine rings is 1. The Morgan fingerprint density at radius 2 is 1.87 bits per heavy atom. The van der Waals surface area contributed by atoms with E-state index in [1.807, 2.05) is 0 Å². The summed E-state index contributed by atoms with van der Waals surface area (Å²) in [6.45, 7) is 13.4. The van der Waals surface area contributed by atoms with Gasteiger partial charge in [0.2, 0.25) is 5.65 Å². The Kier molecular flexibility index (Phi) is 3.83. The minimum atomic E-state index is 0.108. The molecule has 0 radical (unpaired) electrons. The predicted octanol–water partition coefficient (Wildman–Crippen LogP) is 2.97. The van der Waals surface area contributed by atoms with Gasteiger partial charge in [-0.3, -0.25) is 0 Å². The van der Waals surface area contributed by atoms with E-state index in [-0.39, 0.29) is 11.1 Å². The molecule has 1 aliphatic heterocycles. The molecule has 1 aliphatic rings. The predicted molar refractivity (Wildman–Crippen MR) is 92.8 cm³/mol. The topological polar surface area (TPSA) is 67.1 Å². The summed E-state index contributed by atoms with van der Waals surface area (Å²) in [4.78, 5) is 0. The Labute approximate surface area is 138 Å². The van der Waals surface area contributed by atoms with Crippen LogP contribution in [0.5, 0.6) is 0 Å². The van der Waals surface area contributed by atoms with Crippen molar-refractivity contribution in [3.8, 4) is 0 Å². The van der Waals surface area contributed by atoms with Crippen molar-refractivity contribution in [2.75, 3.05) is 5.32 Å². The number of fused-ring (bicyclic) bond motifs is 1. The van der Waals surface area contributed by atoms with Gasteiger partial charge in [-0.1, -0.05) is 13.8 Å². The fourth-order valence-corrected chi connectivity index (χ4v) is 3.88. The number of hydrogen-bond acceptors (Lipinski definition) is 5. The highest BCUT2D eigenvalue weighted by atomic mass is 15.3. The molecule has 2 aromatic rings. The van der Waals surface area contributed by atoms with Crippen LogP contribution < -0.4 is 10.6 Å². The molecule has 0 aliphatic carbocycles. The van der Waals surface area contributed by atoms with Gasteiger partial charge in [0.1, 0.15) is 6.33 Å². The van der Waals surface area contributed by atoms with Crippen molar-refractivity contribution in [2.24, 2.45) is 0 Å². The van der Waals surface area contributed by atoms with Crippen molar-refractivity contribution in [1.29, 1.82) is 0 Å². The van der Waals surface area contributed by atoms with Crippen molar-refractivity contribution in [3.05, 3.63) is 18.1 Å². The van der Waals surface area contributed by atoms with Gasteiger partial charge in [0, 0.05) is 17.1 Å². The van der Waals surface area contributed by atoms with E-state index in [2.05, 4.69) is 73.5 Å². The first kappa shape index (κ1) is 16.2. The molecule has 23 heavy (non-hydrogen) atoms. The molecule has 6 heteroatoms. The van der Waals surface area contributed by atoms with Gasteiger partial charge in [-0.15, -0.1) is 10.2 Å². The highest BCUT2D eigenvalue weighted by Gasteiger charge is 2.37. The highest BCUT2D eigenvalue weighted by molar-refractivity contribution is 5.67. The number of rotatable bonds is 3. The highest BCUT2D eigenvalue weighted by Crippen LogP contribution is 2.31. The second-order valence-corrected chi connectivity index (χ2v) is 8.38. The summed E-state index contributed by atoms with van der Waals surface area (Å²) < 4.78 is 1.77. The quantitative estimate of drug-likeness (QED) is 0.911. The van der Waals surface area contributed by atoms with Gasteiger partial charge >= 0.3 is 0 Å². The molecule has 126 valence electrons. The van der Waals surface area contributed by atoms with E-state index in [1.165, 1.54) is 0 Å². The molecular formula is C17H28N6. The van der Waals surface area contributed by atoms with Crippen LogP contribution in [0, 0.1) is 0 Å². The normalized spacial score (nSPS) is 21.0. The van der Waals surface area contributed by atoms with Gasteiger partial charge in [0.05, 0.1) is 11.4 Å². The number of nitrogens with zero attached hydrogens (tertiary/aromatic N) is 4. The van der Waals surface area contributed by atoms with E-state index in [9.17, 15) is 0 Å². The maximum absolute atomic E-state index is 4.58. The Morgan fingerprint density at radius 3 is 2.48 bits per heavy atom. The van der Waals surface area contributed by atoms with Crippen LogP contribution in [0.15, 0.2) is 12.4 Å². The third kappa shape index (κ3) is 3.47. The monoisotopic (exact) mass is 316 g/mol. The number of nitrogens with one attached hydrogen (secondary N) is 2. The maximum atomic E-state index is 4.58. The zero-order valence-corrected chi connectivity index (χ0v) is 15.0. The first-order chi connectivity index (χ1) is 10.7. The van der Waals surface area contributed by atoms with Crippen LogP contribution in [0.2, 0.25) is 0 Å². The average molecular weight is 316 g/mol. The molecule has 1 fully saturated rings. The summed E-state index contributed by atoms with van der Waals surface area (Å²) in [7, 11) is 0. The Hall–Kier alpha value is -1.69. The lowest BCUT2D eigenvalue weighted by Gasteiger charge is -2.46. The second kappa shape index (κ2) is 5.44. The Bertz CT molecular complexity index is 684. The Balaban J connectivity index is 1.93. The molecule has 0 bridgehead atoms. The largest absolute Gasteiger partial charge is 0.379 e. The zero-order valence-electron chi connectivity index (χ0n) is 15.0. The summed E-state index contributed by atoms with van der Waals surface area (Å²) >= 11 is 0. The van der Waals surface area contributed by atoms with Crippen LogP contribution >= 0.6 is 0 Å². The van der Waals surface area contributed by atoms with Crippen LogP contribution in [0.3, 0.4) is 0 Å². The number of aromatic nitrogens is 4. The second-order valence-electron chi connectivity index (χ2n) is 8.38. The molecule has 2 N–H and O–H groups in total. The zero-order chi connectivity index (χ0) is 16.8. The number of anilines is 1. The maximum Gasteiger partial charge on any atom is 0.200 e. The van der Waals surface area contributed by atoms with Crippen LogP contribution in [-0.2, 0) is 0 Å². The average Bonchev–Trinajstić information content (AvgIpc) is 2.82. The van der Waals surface area contributed by atoms with E-state index < -0.39 is 0 Å². The molecule has 2 aromatic heterocycles. The lowest BCUT2D eigenvalue weighted by atomic mass is 9.79. The summed E-state index contributed by atoms with van der Waals surface area (Å²) in [5, 5.41) is 20.3. The summed E-state index contributed by atoms with van der Waals surface area (Å²) in [5.74, 6) is 0.364. The summed E-state index contributed by atoms with van der Waals surface area (Å²) in [6.07, 6.45) is 3.80. The van der Waals surface area contributed by atoms with Crippen LogP contribution in [0.25, 0.3) is 5.65 Å². The van der Waals surface area contributed by atoms with Gasteiger partial charge in [-0.25, -0.2) is 0 Å². The summed E-state index contributed by atoms with van der Waals surface area (Å²) in [6, 6.07) is 2.51. The molecule has 0 amide bonds. The van der Waals surface area contributed by atoms with Crippen LogP contribution in [0.1, 0.15) is 66.0 Å². The molecule has 3 rings (SSSR count). The minimum Gasteiger partial charge on any atom is -0.379 e. The van der Waals surface area contributed by atoms with Gasteiger partial charge in [0.15, 0.2) is 0 Å².